The number of ether oxygens (including phenoxy) is 1. The molecule has 0 spiro atoms. The van der Waals surface area contributed by atoms with E-state index >= 15 is 0 Å². The molecule has 5 aromatic rings. The molecule has 5 aromatic heterocycles. The number of carbonyl (C=O) groups excluding carboxylic acids is 1. The average Bonchev–Trinajstić information content (AvgIpc) is 3.47. The topological polar surface area (TPSA) is 103 Å². The second-order valence-electron chi connectivity index (χ2n) is 6.84. The number of rotatable bonds is 4. The lowest BCUT2D eigenvalue weighted by Gasteiger charge is -2.11. The maximum Gasteiger partial charge on any atom is 0.349 e. The van der Waals surface area contributed by atoms with Crippen molar-refractivity contribution in [3.8, 4) is 11.3 Å². The molecule has 0 radical (unpaired) electrons. The number of nitrogens with one attached hydrogen (secondary N) is 1. The van der Waals surface area contributed by atoms with Gasteiger partial charge in [-0.05, 0) is 32.0 Å². The molecule has 0 aromatic carbocycles. The summed E-state index contributed by atoms with van der Waals surface area (Å²) < 4.78 is 12.7. The molecule has 5 heterocycles. The minimum absolute atomic E-state index is 0.297. The molecule has 152 valence electrons. The van der Waals surface area contributed by atoms with Crippen molar-refractivity contribution in [2.75, 3.05) is 0 Å². The van der Waals surface area contributed by atoms with Crippen molar-refractivity contribution < 1.29 is 13.9 Å². The van der Waals surface area contributed by atoms with Crippen LogP contribution in [0.3, 0.4) is 0 Å². The molecule has 1 N–H and O–H groups in total. The lowest BCUT2D eigenvalue weighted by molar-refractivity contribution is 0.0326. The second kappa shape index (κ2) is 6.92. The molecule has 0 aliphatic rings. The van der Waals surface area contributed by atoms with Gasteiger partial charge in [-0.15, -0.1) is 22.7 Å². The first-order valence-corrected chi connectivity index (χ1v) is 10.8. The minimum atomic E-state index is -0.715. The highest BCUT2D eigenvalue weighted by Gasteiger charge is 2.22. The Morgan fingerprint density at radius 2 is 2.23 bits per heavy atom. The summed E-state index contributed by atoms with van der Waals surface area (Å²) in [7, 11) is 1.84. The molecule has 30 heavy (non-hydrogen) atoms. The van der Waals surface area contributed by atoms with Crippen LogP contribution in [0.4, 0.5) is 0 Å². The van der Waals surface area contributed by atoms with Crippen molar-refractivity contribution in [1.29, 1.82) is 0 Å². The summed E-state index contributed by atoms with van der Waals surface area (Å²) in [5.74, 6) is 0.441. The van der Waals surface area contributed by atoms with Crippen LogP contribution in [0.1, 0.15) is 34.2 Å². The Labute approximate surface area is 177 Å². The molecule has 8 nitrogen and oxygen atoms in total. The third-order valence-electron chi connectivity index (χ3n) is 4.82. The van der Waals surface area contributed by atoms with Crippen LogP contribution in [0.5, 0.6) is 0 Å². The number of aryl methyl sites for hydroxylation is 2. The van der Waals surface area contributed by atoms with Gasteiger partial charge in [-0.3, -0.25) is 9.48 Å². The third kappa shape index (κ3) is 2.96. The summed E-state index contributed by atoms with van der Waals surface area (Å²) in [5, 5.41) is 7.56. The number of hydrogen-bond donors (Lipinski definition) is 1. The number of H-pyrrole nitrogens is 1. The highest BCUT2D eigenvalue weighted by molar-refractivity contribution is 7.20. The van der Waals surface area contributed by atoms with Crippen molar-refractivity contribution in [3.63, 3.8) is 0 Å². The Bertz CT molecular complexity index is 1420. The van der Waals surface area contributed by atoms with Crippen molar-refractivity contribution >= 4 is 49.1 Å². The van der Waals surface area contributed by atoms with Crippen LogP contribution in [-0.2, 0) is 11.8 Å². The molecule has 0 amide bonds. The summed E-state index contributed by atoms with van der Waals surface area (Å²) in [6.07, 6.45) is 0.843. The van der Waals surface area contributed by atoms with Gasteiger partial charge in [0.05, 0.1) is 17.3 Å². The van der Waals surface area contributed by atoms with E-state index in [9.17, 15) is 9.59 Å². The molecular formula is C20H16N4O4S2. The third-order valence-corrected chi connectivity index (χ3v) is 6.87. The molecule has 0 saturated heterocycles. The quantitative estimate of drug-likeness (QED) is 0.415. The second-order valence-corrected chi connectivity index (χ2v) is 8.73. The smallest absolute Gasteiger partial charge is 0.349 e. The fourth-order valence-corrected chi connectivity index (χ4v) is 5.29. The first-order chi connectivity index (χ1) is 14.4. The van der Waals surface area contributed by atoms with E-state index in [1.54, 1.807) is 36.1 Å². The van der Waals surface area contributed by atoms with Crippen LogP contribution in [0.25, 0.3) is 31.8 Å². The summed E-state index contributed by atoms with van der Waals surface area (Å²) >= 11 is 2.66. The van der Waals surface area contributed by atoms with E-state index in [1.165, 1.54) is 22.7 Å². The Morgan fingerprint density at radius 3 is 2.97 bits per heavy atom. The lowest BCUT2D eigenvalue weighted by atomic mass is 10.2. The van der Waals surface area contributed by atoms with E-state index in [2.05, 4.69) is 15.1 Å². The first-order valence-electron chi connectivity index (χ1n) is 9.12. The lowest BCUT2D eigenvalue weighted by Crippen LogP contribution is -2.16. The van der Waals surface area contributed by atoms with Crippen LogP contribution in [0.15, 0.2) is 39.1 Å². The number of aromatic amines is 1. The zero-order valence-electron chi connectivity index (χ0n) is 16.3. The molecule has 10 heteroatoms. The Morgan fingerprint density at radius 1 is 1.40 bits per heavy atom. The summed E-state index contributed by atoms with van der Waals surface area (Å²) in [6, 6.07) is 5.34. The molecule has 0 saturated carbocycles. The molecule has 0 fully saturated rings. The Hall–Kier alpha value is -3.24. The monoisotopic (exact) mass is 440 g/mol. The SMILES string of the molecule is Cc1nn(C)c2sc(C(=O)OC(C)c3nc4scc(-c5ccco5)c4c(=O)[nH]3)cc12. The van der Waals surface area contributed by atoms with Gasteiger partial charge in [-0.2, -0.15) is 5.10 Å². The zero-order chi connectivity index (χ0) is 21.0. The molecular weight excluding hydrogens is 424 g/mol. The van der Waals surface area contributed by atoms with Gasteiger partial charge >= 0.3 is 5.97 Å². The maximum absolute atomic E-state index is 12.7. The van der Waals surface area contributed by atoms with Gasteiger partial charge in [0.1, 0.15) is 20.3 Å². The minimum Gasteiger partial charge on any atom is -0.464 e. The van der Waals surface area contributed by atoms with Gasteiger partial charge < -0.3 is 14.1 Å². The Balaban J connectivity index is 1.44. The summed E-state index contributed by atoms with van der Waals surface area (Å²) in [6.45, 7) is 3.58. The molecule has 1 atom stereocenters. The molecule has 0 bridgehead atoms. The number of thiophene rings is 2. The normalized spacial score (nSPS) is 12.6. The fraction of sp³-hybridized carbons (Fsp3) is 0.200. The van der Waals surface area contributed by atoms with Crippen molar-refractivity contribution in [2.24, 2.45) is 7.05 Å². The van der Waals surface area contributed by atoms with E-state index in [-0.39, 0.29) is 5.56 Å². The molecule has 0 aliphatic carbocycles. The number of nitrogens with zero attached hydrogens (tertiary/aromatic N) is 3. The van der Waals surface area contributed by atoms with E-state index in [0.717, 1.165) is 15.9 Å². The highest BCUT2D eigenvalue weighted by Crippen LogP contribution is 2.32. The van der Waals surface area contributed by atoms with Gasteiger partial charge in [0.15, 0.2) is 11.9 Å². The summed E-state index contributed by atoms with van der Waals surface area (Å²) in [5.41, 5.74) is 1.26. The highest BCUT2D eigenvalue weighted by atomic mass is 32.1. The van der Waals surface area contributed by atoms with Crippen molar-refractivity contribution in [1.82, 2.24) is 19.7 Å². The van der Waals surface area contributed by atoms with Gasteiger partial charge in [0.25, 0.3) is 5.56 Å². The van der Waals surface area contributed by atoms with Crippen LogP contribution in [-0.4, -0.2) is 25.7 Å². The van der Waals surface area contributed by atoms with Gasteiger partial charge in [0.2, 0.25) is 0 Å². The standard InChI is InChI=1S/C20H16N4O4S2/c1-9-11-7-14(30-19(11)24(3)23-9)20(26)28-10(2)16-21-17(25)15-12(8-29-18(15)22-16)13-5-4-6-27-13/h4-8,10H,1-3H3,(H,21,22,25). The maximum atomic E-state index is 12.7. The summed E-state index contributed by atoms with van der Waals surface area (Å²) in [4.78, 5) is 34.6. The van der Waals surface area contributed by atoms with E-state index in [1.807, 2.05) is 19.4 Å². The van der Waals surface area contributed by atoms with Crippen molar-refractivity contribution in [2.45, 2.75) is 20.0 Å². The van der Waals surface area contributed by atoms with Crippen molar-refractivity contribution in [3.05, 3.63) is 56.6 Å². The predicted molar refractivity (Wildman–Crippen MR) is 115 cm³/mol. The largest absolute Gasteiger partial charge is 0.464 e. The number of aromatic nitrogens is 4. The van der Waals surface area contributed by atoms with E-state index in [0.29, 0.717) is 32.2 Å². The number of hydrogen-bond acceptors (Lipinski definition) is 8. The van der Waals surface area contributed by atoms with Crippen LogP contribution >= 0.6 is 22.7 Å². The van der Waals surface area contributed by atoms with Gasteiger partial charge in [-0.25, -0.2) is 9.78 Å². The number of fused-ring (bicyclic) bond motifs is 2. The average molecular weight is 441 g/mol. The van der Waals surface area contributed by atoms with E-state index in [4.69, 9.17) is 9.15 Å². The first kappa shape index (κ1) is 18.8. The molecule has 1 unspecified atom stereocenters. The van der Waals surface area contributed by atoms with Gasteiger partial charge in [-0.1, -0.05) is 0 Å². The molecule has 5 rings (SSSR count). The van der Waals surface area contributed by atoms with Crippen LogP contribution < -0.4 is 5.56 Å². The van der Waals surface area contributed by atoms with Crippen LogP contribution in [0, 0.1) is 6.92 Å². The Kier molecular flexibility index (Phi) is 4.33. The number of esters is 1. The number of carbonyl (C=O) groups is 1. The number of furan rings is 1. The predicted octanol–water partition coefficient (Wildman–Crippen LogP) is 4.42. The zero-order valence-corrected chi connectivity index (χ0v) is 17.9. The molecule has 0 aliphatic heterocycles. The fourth-order valence-electron chi connectivity index (χ4n) is 3.35. The van der Waals surface area contributed by atoms with Crippen LogP contribution in [0.2, 0.25) is 0 Å². The van der Waals surface area contributed by atoms with Gasteiger partial charge in [0, 0.05) is 23.4 Å². The van der Waals surface area contributed by atoms with E-state index < -0.39 is 12.1 Å².